The zero-order valence-corrected chi connectivity index (χ0v) is 18.4. The lowest BCUT2D eigenvalue weighted by Crippen LogP contribution is -2.25. The standard InChI is InChI=1S/C21H20BrClN2OS/c1-3-4-9-19(26)25(18-8-6-5-7-17(18)22)21-24-20(14(2)27-21)15-10-12-16(23)13-11-15/h5-8,10-13H,3-4,9H2,1-2H3. The lowest BCUT2D eigenvalue weighted by Gasteiger charge is -2.21. The van der Waals surface area contributed by atoms with Gasteiger partial charge in [-0.3, -0.25) is 9.69 Å². The monoisotopic (exact) mass is 462 g/mol. The number of hydrogen-bond donors (Lipinski definition) is 0. The number of rotatable bonds is 6. The molecule has 0 bridgehead atoms. The van der Waals surface area contributed by atoms with E-state index in [2.05, 4.69) is 22.9 Å². The van der Waals surface area contributed by atoms with E-state index >= 15 is 0 Å². The molecule has 0 unspecified atom stereocenters. The summed E-state index contributed by atoms with van der Waals surface area (Å²) < 4.78 is 0.871. The smallest absolute Gasteiger partial charge is 0.233 e. The van der Waals surface area contributed by atoms with Crippen LogP contribution in [-0.2, 0) is 4.79 Å². The number of para-hydroxylation sites is 1. The largest absolute Gasteiger partial charge is 0.274 e. The molecular formula is C21H20BrClN2OS. The molecule has 1 heterocycles. The van der Waals surface area contributed by atoms with Gasteiger partial charge in [-0.15, -0.1) is 11.3 Å². The Hall–Kier alpha value is -1.69. The summed E-state index contributed by atoms with van der Waals surface area (Å²) in [6, 6.07) is 15.4. The Morgan fingerprint density at radius 1 is 1.19 bits per heavy atom. The summed E-state index contributed by atoms with van der Waals surface area (Å²) in [6.07, 6.45) is 2.32. The van der Waals surface area contributed by atoms with Gasteiger partial charge in [-0.25, -0.2) is 4.98 Å². The highest BCUT2D eigenvalue weighted by atomic mass is 79.9. The van der Waals surface area contributed by atoms with Crippen molar-refractivity contribution in [2.45, 2.75) is 33.1 Å². The van der Waals surface area contributed by atoms with Gasteiger partial charge >= 0.3 is 0 Å². The van der Waals surface area contributed by atoms with Crippen molar-refractivity contribution in [3.05, 3.63) is 62.9 Å². The van der Waals surface area contributed by atoms with Gasteiger partial charge in [-0.05, 0) is 53.5 Å². The topological polar surface area (TPSA) is 33.2 Å². The summed E-state index contributed by atoms with van der Waals surface area (Å²) in [5.74, 6) is 0.0557. The number of unbranched alkanes of at least 4 members (excludes halogenated alkanes) is 1. The van der Waals surface area contributed by atoms with Crippen LogP contribution in [0.2, 0.25) is 5.02 Å². The van der Waals surface area contributed by atoms with Crippen molar-refractivity contribution in [2.24, 2.45) is 0 Å². The molecule has 0 atom stereocenters. The molecule has 2 aromatic carbocycles. The fourth-order valence-electron chi connectivity index (χ4n) is 2.77. The Balaban J connectivity index is 2.05. The molecule has 140 valence electrons. The number of carbonyl (C=O) groups excluding carboxylic acids is 1. The number of aryl methyl sites for hydroxylation is 1. The molecule has 0 aliphatic carbocycles. The number of anilines is 2. The Kier molecular flexibility index (Phi) is 6.68. The summed E-state index contributed by atoms with van der Waals surface area (Å²) >= 11 is 11.1. The van der Waals surface area contributed by atoms with E-state index in [9.17, 15) is 4.79 Å². The number of thiazole rings is 1. The summed E-state index contributed by atoms with van der Waals surface area (Å²) in [4.78, 5) is 20.6. The molecule has 3 rings (SSSR count). The zero-order valence-electron chi connectivity index (χ0n) is 15.2. The van der Waals surface area contributed by atoms with E-state index < -0.39 is 0 Å². The first-order chi connectivity index (χ1) is 13.0. The Labute approximate surface area is 177 Å². The fourth-order valence-corrected chi connectivity index (χ4v) is 4.32. The molecular weight excluding hydrogens is 444 g/mol. The van der Waals surface area contributed by atoms with Gasteiger partial charge in [0.1, 0.15) is 0 Å². The number of carbonyl (C=O) groups is 1. The molecule has 0 spiro atoms. The van der Waals surface area contributed by atoms with E-state index in [-0.39, 0.29) is 5.91 Å². The average Bonchev–Trinajstić information content (AvgIpc) is 3.03. The molecule has 3 nitrogen and oxygen atoms in total. The third-order valence-corrected chi connectivity index (χ3v) is 6.06. The summed E-state index contributed by atoms with van der Waals surface area (Å²) in [7, 11) is 0. The first kappa shape index (κ1) is 20.1. The molecule has 27 heavy (non-hydrogen) atoms. The van der Waals surface area contributed by atoms with Crippen LogP contribution in [0.25, 0.3) is 11.3 Å². The molecule has 0 saturated heterocycles. The predicted molar refractivity (Wildman–Crippen MR) is 118 cm³/mol. The number of aromatic nitrogens is 1. The minimum atomic E-state index is 0.0557. The number of benzene rings is 2. The van der Waals surface area contributed by atoms with Crippen molar-refractivity contribution in [1.29, 1.82) is 0 Å². The minimum Gasteiger partial charge on any atom is -0.274 e. The van der Waals surface area contributed by atoms with Gasteiger partial charge in [0.05, 0.1) is 11.4 Å². The molecule has 0 saturated carbocycles. The quantitative estimate of drug-likeness (QED) is 0.382. The molecule has 6 heteroatoms. The number of nitrogens with zero attached hydrogens (tertiary/aromatic N) is 2. The summed E-state index contributed by atoms with van der Waals surface area (Å²) in [6.45, 7) is 4.11. The highest BCUT2D eigenvalue weighted by molar-refractivity contribution is 9.10. The SMILES string of the molecule is CCCCC(=O)N(c1nc(-c2ccc(Cl)cc2)c(C)s1)c1ccccc1Br. The van der Waals surface area contributed by atoms with E-state index in [0.29, 0.717) is 16.6 Å². The third kappa shape index (κ3) is 4.60. The Bertz CT molecular complexity index is 940. The van der Waals surface area contributed by atoms with Gasteiger partial charge in [0, 0.05) is 26.4 Å². The van der Waals surface area contributed by atoms with Gasteiger partial charge in [-0.1, -0.05) is 49.2 Å². The van der Waals surface area contributed by atoms with Crippen molar-refractivity contribution < 1.29 is 4.79 Å². The third-order valence-electron chi connectivity index (χ3n) is 4.18. The van der Waals surface area contributed by atoms with Gasteiger partial charge in [0.15, 0.2) is 5.13 Å². The highest BCUT2D eigenvalue weighted by Crippen LogP contribution is 2.39. The average molecular weight is 464 g/mol. The highest BCUT2D eigenvalue weighted by Gasteiger charge is 2.24. The lowest BCUT2D eigenvalue weighted by molar-refractivity contribution is -0.118. The van der Waals surface area contributed by atoms with Gasteiger partial charge in [0.2, 0.25) is 5.91 Å². The van der Waals surface area contributed by atoms with Crippen LogP contribution in [0.4, 0.5) is 10.8 Å². The predicted octanol–water partition coefficient (Wildman–Crippen LogP) is 7.39. The molecule has 0 aliphatic rings. The number of halogens is 2. The van der Waals surface area contributed by atoms with Crippen molar-refractivity contribution in [1.82, 2.24) is 4.98 Å². The van der Waals surface area contributed by atoms with Crippen molar-refractivity contribution in [3.63, 3.8) is 0 Å². The minimum absolute atomic E-state index is 0.0557. The molecule has 0 N–H and O–H groups in total. The second-order valence-electron chi connectivity index (χ2n) is 6.19. The van der Waals surface area contributed by atoms with E-state index in [0.717, 1.165) is 39.1 Å². The van der Waals surface area contributed by atoms with Crippen molar-refractivity contribution in [3.8, 4) is 11.3 Å². The zero-order chi connectivity index (χ0) is 19.4. The van der Waals surface area contributed by atoms with Crippen LogP contribution in [0.3, 0.4) is 0 Å². The fraction of sp³-hybridized carbons (Fsp3) is 0.238. The first-order valence-corrected chi connectivity index (χ1v) is 10.8. The normalized spacial score (nSPS) is 10.8. The second-order valence-corrected chi connectivity index (χ2v) is 8.66. The molecule has 1 aromatic heterocycles. The Morgan fingerprint density at radius 2 is 1.89 bits per heavy atom. The van der Waals surface area contributed by atoms with E-state index in [1.807, 2.05) is 55.5 Å². The van der Waals surface area contributed by atoms with Crippen LogP contribution < -0.4 is 4.90 Å². The van der Waals surface area contributed by atoms with Crippen LogP contribution in [0.1, 0.15) is 31.1 Å². The van der Waals surface area contributed by atoms with Crippen molar-refractivity contribution >= 4 is 55.6 Å². The van der Waals surface area contributed by atoms with Gasteiger partial charge in [-0.2, -0.15) is 0 Å². The maximum Gasteiger partial charge on any atom is 0.233 e. The van der Waals surface area contributed by atoms with Crippen LogP contribution in [0, 0.1) is 6.92 Å². The number of hydrogen-bond acceptors (Lipinski definition) is 3. The van der Waals surface area contributed by atoms with Gasteiger partial charge in [0.25, 0.3) is 0 Å². The summed E-state index contributed by atoms with van der Waals surface area (Å²) in [5, 5.41) is 1.38. The Morgan fingerprint density at radius 3 is 2.56 bits per heavy atom. The van der Waals surface area contributed by atoms with E-state index in [1.54, 1.807) is 4.90 Å². The van der Waals surface area contributed by atoms with Crippen LogP contribution in [0.15, 0.2) is 53.0 Å². The molecule has 0 fully saturated rings. The van der Waals surface area contributed by atoms with Gasteiger partial charge < -0.3 is 0 Å². The first-order valence-electron chi connectivity index (χ1n) is 8.82. The second kappa shape index (κ2) is 9.00. The van der Waals surface area contributed by atoms with Crippen LogP contribution in [-0.4, -0.2) is 10.9 Å². The van der Waals surface area contributed by atoms with Crippen LogP contribution in [0.5, 0.6) is 0 Å². The number of amides is 1. The summed E-state index contributed by atoms with van der Waals surface area (Å²) in [5.41, 5.74) is 2.69. The van der Waals surface area contributed by atoms with Crippen LogP contribution >= 0.6 is 38.9 Å². The molecule has 1 amide bonds. The molecule has 0 radical (unpaired) electrons. The molecule has 0 aliphatic heterocycles. The van der Waals surface area contributed by atoms with Crippen molar-refractivity contribution in [2.75, 3.05) is 4.90 Å². The lowest BCUT2D eigenvalue weighted by atomic mass is 10.1. The maximum absolute atomic E-state index is 13.0. The van der Waals surface area contributed by atoms with E-state index in [1.165, 1.54) is 11.3 Å². The maximum atomic E-state index is 13.0. The van der Waals surface area contributed by atoms with E-state index in [4.69, 9.17) is 16.6 Å². The molecule has 3 aromatic rings.